The monoisotopic (exact) mass is 383 g/mol. The Bertz CT molecular complexity index is 823. The van der Waals surface area contributed by atoms with Crippen LogP contribution in [0.1, 0.15) is 42.1 Å². The van der Waals surface area contributed by atoms with E-state index in [2.05, 4.69) is 17.6 Å². The van der Waals surface area contributed by atoms with Gasteiger partial charge in [0.05, 0.1) is 6.54 Å². The van der Waals surface area contributed by atoms with Crippen LogP contribution >= 0.6 is 0 Å². The van der Waals surface area contributed by atoms with Gasteiger partial charge in [-0.3, -0.25) is 9.59 Å². The van der Waals surface area contributed by atoms with E-state index in [0.29, 0.717) is 17.2 Å². The normalized spacial score (nSPS) is 16.5. The quantitative estimate of drug-likeness (QED) is 0.802. The summed E-state index contributed by atoms with van der Waals surface area (Å²) in [7, 11) is 0. The van der Waals surface area contributed by atoms with Crippen LogP contribution in [0, 0.1) is 5.82 Å². The van der Waals surface area contributed by atoms with Crippen LogP contribution < -0.4 is 10.6 Å². The Hall–Kier alpha value is -2.89. The van der Waals surface area contributed by atoms with Crippen LogP contribution in [0.2, 0.25) is 0 Å². The molecule has 0 bridgehead atoms. The summed E-state index contributed by atoms with van der Waals surface area (Å²) < 4.78 is 13.6. The number of rotatable bonds is 6. The first-order valence-corrected chi connectivity index (χ1v) is 9.69. The minimum absolute atomic E-state index is 0.0962. The van der Waals surface area contributed by atoms with E-state index in [9.17, 15) is 14.0 Å². The number of likely N-dealkylation sites (tertiary alicyclic amines) is 1. The molecule has 1 heterocycles. The molecular weight excluding hydrogens is 357 g/mol. The molecule has 1 aliphatic heterocycles. The summed E-state index contributed by atoms with van der Waals surface area (Å²) in [6.45, 7) is 3.28. The molecular formula is C22H26FN3O2. The maximum absolute atomic E-state index is 13.6. The van der Waals surface area contributed by atoms with Crippen LogP contribution in [0.25, 0.3) is 0 Å². The number of carbonyl (C=O) groups excluding carboxylic acids is 2. The molecule has 1 saturated heterocycles. The van der Waals surface area contributed by atoms with Crippen LogP contribution in [-0.4, -0.2) is 35.8 Å². The Morgan fingerprint density at radius 3 is 2.57 bits per heavy atom. The molecule has 2 amide bonds. The van der Waals surface area contributed by atoms with Crippen molar-refractivity contribution in [2.45, 2.75) is 38.8 Å². The zero-order valence-electron chi connectivity index (χ0n) is 16.1. The van der Waals surface area contributed by atoms with Crippen molar-refractivity contribution in [3.63, 3.8) is 0 Å². The standard InChI is InChI=1S/C22H26FN3O2/c1-16-6-4-5-13-26(16)21(27)15-24-19-11-9-17(10-12-19)22(28)25-14-18-7-2-3-8-20(18)23/h2-3,7-12,16,24H,4-6,13-15H2,1H3,(H,25,28). The third-order valence-corrected chi connectivity index (χ3v) is 5.11. The first kappa shape index (κ1) is 19.9. The van der Waals surface area contributed by atoms with Gasteiger partial charge in [-0.25, -0.2) is 4.39 Å². The smallest absolute Gasteiger partial charge is 0.251 e. The molecule has 0 aliphatic carbocycles. The second-order valence-corrected chi connectivity index (χ2v) is 7.14. The van der Waals surface area contributed by atoms with E-state index >= 15 is 0 Å². The third-order valence-electron chi connectivity index (χ3n) is 5.11. The van der Waals surface area contributed by atoms with Crippen molar-refractivity contribution >= 4 is 17.5 Å². The van der Waals surface area contributed by atoms with E-state index in [4.69, 9.17) is 0 Å². The highest BCUT2D eigenvalue weighted by atomic mass is 19.1. The van der Waals surface area contributed by atoms with Gasteiger partial charge < -0.3 is 15.5 Å². The molecule has 1 aliphatic rings. The van der Waals surface area contributed by atoms with Crippen LogP contribution in [0.3, 0.4) is 0 Å². The van der Waals surface area contributed by atoms with Gasteiger partial charge in [-0.15, -0.1) is 0 Å². The highest BCUT2D eigenvalue weighted by Gasteiger charge is 2.22. The summed E-state index contributed by atoms with van der Waals surface area (Å²) in [5.41, 5.74) is 1.71. The van der Waals surface area contributed by atoms with E-state index in [1.165, 1.54) is 12.5 Å². The molecule has 0 saturated carbocycles. The third kappa shape index (κ3) is 5.09. The number of piperidine rings is 1. The number of carbonyl (C=O) groups is 2. The molecule has 6 heteroatoms. The number of anilines is 1. The van der Waals surface area contributed by atoms with Crippen LogP contribution in [0.4, 0.5) is 10.1 Å². The zero-order valence-corrected chi connectivity index (χ0v) is 16.1. The van der Waals surface area contributed by atoms with Crippen LogP contribution in [0.5, 0.6) is 0 Å². The molecule has 2 N–H and O–H groups in total. The zero-order chi connectivity index (χ0) is 19.9. The molecule has 148 valence electrons. The van der Waals surface area contributed by atoms with Gasteiger partial charge in [0, 0.05) is 35.9 Å². The van der Waals surface area contributed by atoms with E-state index < -0.39 is 0 Å². The summed E-state index contributed by atoms with van der Waals surface area (Å²) in [5, 5.41) is 5.83. The Morgan fingerprint density at radius 2 is 1.86 bits per heavy atom. The van der Waals surface area contributed by atoms with Crippen molar-refractivity contribution in [2.75, 3.05) is 18.4 Å². The highest BCUT2D eigenvalue weighted by molar-refractivity contribution is 5.94. The maximum Gasteiger partial charge on any atom is 0.251 e. The fourth-order valence-electron chi connectivity index (χ4n) is 3.41. The Morgan fingerprint density at radius 1 is 1.11 bits per heavy atom. The number of benzene rings is 2. The predicted molar refractivity (Wildman–Crippen MR) is 108 cm³/mol. The second-order valence-electron chi connectivity index (χ2n) is 7.14. The number of amides is 2. The van der Waals surface area contributed by atoms with Crippen molar-refractivity contribution in [1.29, 1.82) is 0 Å². The van der Waals surface area contributed by atoms with Gasteiger partial charge in [0.25, 0.3) is 5.91 Å². The molecule has 0 aromatic heterocycles. The fraction of sp³-hybridized carbons (Fsp3) is 0.364. The molecule has 2 aromatic rings. The van der Waals surface area contributed by atoms with Gasteiger partial charge in [0.15, 0.2) is 0 Å². The van der Waals surface area contributed by atoms with Crippen molar-refractivity contribution in [1.82, 2.24) is 10.2 Å². The Labute approximate surface area is 164 Å². The van der Waals surface area contributed by atoms with Crippen molar-refractivity contribution in [2.24, 2.45) is 0 Å². The summed E-state index contributed by atoms with van der Waals surface area (Å²) in [5.74, 6) is -0.512. The Kier molecular flexibility index (Phi) is 6.63. The molecule has 1 fully saturated rings. The lowest BCUT2D eigenvalue weighted by Gasteiger charge is -2.33. The van der Waals surface area contributed by atoms with Gasteiger partial charge in [-0.05, 0) is 56.5 Å². The van der Waals surface area contributed by atoms with Gasteiger partial charge in [0.2, 0.25) is 5.91 Å². The lowest BCUT2D eigenvalue weighted by molar-refractivity contribution is -0.132. The average Bonchev–Trinajstić information content (AvgIpc) is 2.72. The molecule has 5 nitrogen and oxygen atoms in total. The van der Waals surface area contributed by atoms with Crippen LogP contribution in [0.15, 0.2) is 48.5 Å². The van der Waals surface area contributed by atoms with Crippen molar-refractivity contribution in [3.05, 3.63) is 65.5 Å². The largest absolute Gasteiger partial charge is 0.376 e. The summed E-state index contributed by atoms with van der Waals surface area (Å²) in [4.78, 5) is 26.5. The van der Waals surface area contributed by atoms with Gasteiger partial charge in [-0.2, -0.15) is 0 Å². The SMILES string of the molecule is CC1CCCCN1C(=O)CNc1ccc(C(=O)NCc2ccccc2F)cc1. The number of hydrogen-bond acceptors (Lipinski definition) is 3. The predicted octanol–water partition coefficient (Wildman–Crippen LogP) is 3.57. The molecule has 1 unspecified atom stereocenters. The molecule has 28 heavy (non-hydrogen) atoms. The van der Waals surface area contributed by atoms with Crippen LogP contribution in [-0.2, 0) is 11.3 Å². The minimum atomic E-state index is -0.338. The van der Waals surface area contributed by atoms with E-state index in [1.807, 2.05) is 4.90 Å². The summed E-state index contributed by atoms with van der Waals surface area (Å²) in [6.07, 6.45) is 3.30. The molecule has 0 radical (unpaired) electrons. The van der Waals surface area contributed by atoms with Crippen molar-refractivity contribution < 1.29 is 14.0 Å². The van der Waals surface area contributed by atoms with E-state index in [0.717, 1.165) is 25.1 Å². The average molecular weight is 383 g/mol. The highest BCUT2D eigenvalue weighted by Crippen LogP contribution is 2.17. The first-order chi connectivity index (χ1) is 13.5. The van der Waals surface area contributed by atoms with Gasteiger partial charge in [0.1, 0.15) is 5.82 Å². The number of hydrogen-bond donors (Lipinski definition) is 2. The summed E-state index contributed by atoms with van der Waals surface area (Å²) in [6, 6.07) is 13.6. The number of nitrogens with zero attached hydrogens (tertiary/aromatic N) is 1. The topological polar surface area (TPSA) is 61.4 Å². The second kappa shape index (κ2) is 9.35. The first-order valence-electron chi connectivity index (χ1n) is 9.69. The van der Waals surface area contributed by atoms with Gasteiger partial charge >= 0.3 is 0 Å². The molecule has 0 spiro atoms. The number of halogens is 1. The molecule has 1 atom stereocenters. The summed E-state index contributed by atoms with van der Waals surface area (Å²) >= 11 is 0. The Balaban J connectivity index is 1.49. The van der Waals surface area contributed by atoms with E-state index in [-0.39, 0.29) is 30.7 Å². The molecule has 2 aromatic carbocycles. The molecule has 3 rings (SSSR count). The number of nitrogens with one attached hydrogen (secondary N) is 2. The van der Waals surface area contributed by atoms with Crippen molar-refractivity contribution in [3.8, 4) is 0 Å². The fourth-order valence-corrected chi connectivity index (χ4v) is 3.41. The lowest BCUT2D eigenvalue weighted by Crippen LogP contribution is -2.44. The van der Waals surface area contributed by atoms with E-state index in [1.54, 1.807) is 42.5 Å². The maximum atomic E-state index is 13.6. The minimum Gasteiger partial charge on any atom is -0.376 e. The lowest BCUT2D eigenvalue weighted by atomic mass is 10.0. The van der Waals surface area contributed by atoms with Gasteiger partial charge in [-0.1, -0.05) is 18.2 Å².